The number of amides is 2. The van der Waals surface area contributed by atoms with Crippen LogP contribution >= 0.6 is 11.6 Å². The van der Waals surface area contributed by atoms with Gasteiger partial charge in [0.2, 0.25) is 0 Å². The van der Waals surface area contributed by atoms with Crippen LogP contribution in [0.5, 0.6) is 5.75 Å². The summed E-state index contributed by atoms with van der Waals surface area (Å²) in [6.07, 6.45) is 0.744. The normalized spacial score (nSPS) is 14.7. The van der Waals surface area contributed by atoms with Crippen LogP contribution in [0, 0.1) is 0 Å². The molecule has 1 fully saturated rings. The molecule has 5 nitrogen and oxygen atoms in total. The Morgan fingerprint density at radius 1 is 0.885 bits per heavy atom. The molecule has 6 heteroatoms. The number of halogens is 1. The molecular weight excluding hydrogens is 352 g/mol. The summed E-state index contributed by atoms with van der Waals surface area (Å²) in [7, 11) is 1.59. The minimum atomic E-state index is -0.0498. The fraction of sp³-hybridized carbons (Fsp3) is 0.300. The van der Waals surface area contributed by atoms with Crippen molar-refractivity contribution in [2.75, 3.05) is 33.3 Å². The first-order valence-electron chi connectivity index (χ1n) is 8.56. The fourth-order valence-corrected chi connectivity index (χ4v) is 3.23. The molecule has 26 heavy (non-hydrogen) atoms. The van der Waals surface area contributed by atoms with Gasteiger partial charge in [-0.15, -0.1) is 0 Å². The number of rotatable bonds is 3. The zero-order valence-corrected chi connectivity index (χ0v) is 15.4. The molecule has 3 rings (SSSR count). The van der Waals surface area contributed by atoms with Crippen LogP contribution in [0.3, 0.4) is 0 Å². The Balaban J connectivity index is 1.65. The third-order valence-corrected chi connectivity index (χ3v) is 4.71. The quantitative estimate of drug-likeness (QED) is 0.830. The van der Waals surface area contributed by atoms with Crippen LogP contribution < -0.4 is 4.74 Å². The van der Waals surface area contributed by atoms with Gasteiger partial charge >= 0.3 is 0 Å². The number of methoxy groups -OCH3 is 1. The summed E-state index contributed by atoms with van der Waals surface area (Å²) in [6.45, 7) is 2.27. The number of carbonyl (C=O) groups is 2. The molecule has 136 valence electrons. The molecule has 2 amide bonds. The summed E-state index contributed by atoms with van der Waals surface area (Å²) in [5, 5.41) is 0.544. The minimum absolute atomic E-state index is 0.0234. The van der Waals surface area contributed by atoms with Crippen LogP contribution in [-0.4, -0.2) is 54.9 Å². The molecule has 1 heterocycles. The van der Waals surface area contributed by atoms with E-state index < -0.39 is 0 Å². The van der Waals surface area contributed by atoms with E-state index in [4.69, 9.17) is 16.3 Å². The molecule has 0 N–H and O–H groups in total. The zero-order chi connectivity index (χ0) is 18.5. The van der Waals surface area contributed by atoms with Gasteiger partial charge in [0.15, 0.2) is 0 Å². The average molecular weight is 373 g/mol. The lowest BCUT2D eigenvalue weighted by atomic mass is 10.2. The number of ether oxygens (including phenoxy) is 1. The van der Waals surface area contributed by atoms with Gasteiger partial charge in [-0.05, 0) is 48.9 Å². The van der Waals surface area contributed by atoms with E-state index in [0.29, 0.717) is 42.3 Å². The highest BCUT2D eigenvalue weighted by atomic mass is 35.5. The maximum Gasteiger partial charge on any atom is 0.253 e. The number of nitrogens with zero attached hydrogens (tertiary/aromatic N) is 2. The smallest absolute Gasteiger partial charge is 0.253 e. The fourth-order valence-electron chi connectivity index (χ4n) is 3.04. The number of hydrogen-bond donors (Lipinski definition) is 0. The van der Waals surface area contributed by atoms with Gasteiger partial charge < -0.3 is 14.5 Å². The van der Waals surface area contributed by atoms with E-state index in [0.717, 1.165) is 12.2 Å². The molecule has 0 radical (unpaired) electrons. The molecule has 0 bridgehead atoms. The molecule has 2 aromatic carbocycles. The van der Waals surface area contributed by atoms with Crippen molar-refractivity contribution in [3.05, 3.63) is 64.7 Å². The number of hydrogen-bond acceptors (Lipinski definition) is 3. The Bertz CT molecular complexity index is 792. The number of carbonyl (C=O) groups excluding carboxylic acids is 2. The Hall–Kier alpha value is -2.53. The van der Waals surface area contributed by atoms with E-state index >= 15 is 0 Å². The summed E-state index contributed by atoms with van der Waals surface area (Å²) in [4.78, 5) is 29.0. The van der Waals surface area contributed by atoms with Gasteiger partial charge in [0, 0.05) is 42.3 Å². The molecule has 0 spiro atoms. The molecule has 1 aliphatic heterocycles. The van der Waals surface area contributed by atoms with E-state index in [-0.39, 0.29) is 11.8 Å². The highest BCUT2D eigenvalue weighted by molar-refractivity contribution is 6.30. The van der Waals surface area contributed by atoms with Crippen LogP contribution in [0.15, 0.2) is 48.5 Å². The first-order chi connectivity index (χ1) is 12.6. The van der Waals surface area contributed by atoms with Crippen LogP contribution in [-0.2, 0) is 0 Å². The predicted octanol–water partition coefficient (Wildman–Crippen LogP) is 3.34. The van der Waals surface area contributed by atoms with Crippen molar-refractivity contribution in [1.29, 1.82) is 0 Å². The molecular formula is C20H21ClN2O3. The third kappa shape index (κ3) is 4.17. The summed E-state index contributed by atoms with van der Waals surface area (Å²) in [5.74, 6) is 0.645. The van der Waals surface area contributed by atoms with Crippen LogP contribution in [0.1, 0.15) is 27.1 Å². The van der Waals surface area contributed by atoms with Crippen LogP contribution in [0.4, 0.5) is 0 Å². The zero-order valence-electron chi connectivity index (χ0n) is 14.7. The topological polar surface area (TPSA) is 49.9 Å². The summed E-state index contributed by atoms with van der Waals surface area (Å²) < 4.78 is 5.13. The van der Waals surface area contributed by atoms with Crippen molar-refractivity contribution in [2.24, 2.45) is 0 Å². The van der Waals surface area contributed by atoms with Crippen molar-refractivity contribution >= 4 is 23.4 Å². The summed E-state index contributed by atoms with van der Waals surface area (Å²) in [5.41, 5.74) is 1.20. The van der Waals surface area contributed by atoms with Crippen molar-refractivity contribution in [1.82, 2.24) is 9.80 Å². The second-order valence-electron chi connectivity index (χ2n) is 6.18. The first-order valence-corrected chi connectivity index (χ1v) is 8.94. The van der Waals surface area contributed by atoms with Crippen molar-refractivity contribution in [2.45, 2.75) is 6.42 Å². The van der Waals surface area contributed by atoms with Gasteiger partial charge in [-0.25, -0.2) is 0 Å². The second kappa shape index (κ2) is 8.23. The molecule has 0 saturated carbocycles. The average Bonchev–Trinajstić information content (AvgIpc) is 2.93. The Labute approximate surface area is 158 Å². The van der Waals surface area contributed by atoms with E-state index in [2.05, 4.69) is 0 Å². The van der Waals surface area contributed by atoms with Gasteiger partial charge in [0.1, 0.15) is 5.75 Å². The summed E-state index contributed by atoms with van der Waals surface area (Å²) in [6, 6.07) is 14.0. The van der Waals surface area contributed by atoms with E-state index in [1.54, 1.807) is 65.4 Å². The molecule has 1 saturated heterocycles. The largest absolute Gasteiger partial charge is 0.497 e. The highest BCUT2D eigenvalue weighted by Gasteiger charge is 2.23. The Morgan fingerprint density at radius 2 is 1.50 bits per heavy atom. The lowest BCUT2D eigenvalue weighted by Crippen LogP contribution is -2.37. The third-order valence-electron chi connectivity index (χ3n) is 4.48. The first kappa shape index (κ1) is 18.3. The molecule has 0 aliphatic carbocycles. The SMILES string of the molecule is COc1ccc(C(=O)N2CCCN(C(=O)c3cccc(Cl)c3)CC2)cc1. The van der Waals surface area contributed by atoms with Crippen molar-refractivity contribution in [3.8, 4) is 5.75 Å². The van der Waals surface area contributed by atoms with Gasteiger partial charge in [-0.3, -0.25) is 9.59 Å². The lowest BCUT2D eigenvalue weighted by molar-refractivity contribution is 0.0718. The predicted molar refractivity (Wildman–Crippen MR) is 101 cm³/mol. The van der Waals surface area contributed by atoms with Gasteiger partial charge in [-0.2, -0.15) is 0 Å². The highest BCUT2D eigenvalue weighted by Crippen LogP contribution is 2.17. The van der Waals surface area contributed by atoms with E-state index in [1.165, 1.54) is 0 Å². The van der Waals surface area contributed by atoms with E-state index in [1.807, 2.05) is 0 Å². The van der Waals surface area contributed by atoms with E-state index in [9.17, 15) is 9.59 Å². The number of benzene rings is 2. The van der Waals surface area contributed by atoms with Gasteiger partial charge in [0.05, 0.1) is 7.11 Å². The molecule has 0 aromatic heterocycles. The summed E-state index contributed by atoms with van der Waals surface area (Å²) >= 11 is 5.98. The van der Waals surface area contributed by atoms with Crippen molar-refractivity contribution in [3.63, 3.8) is 0 Å². The lowest BCUT2D eigenvalue weighted by Gasteiger charge is -2.22. The molecule has 0 atom stereocenters. The second-order valence-corrected chi connectivity index (χ2v) is 6.61. The van der Waals surface area contributed by atoms with Crippen LogP contribution in [0.2, 0.25) is 5.02 Å². The standard InChI is InChI=1S/C20H21ClN2O3/c1-26-18-8-6-15(7-9-18)19(24)22-10-3-11-23(13-12-22)20(25)16-4-2-5-17(21)14-16/h2,4-9,14H,3,10-13H2,1H3. The van der Waals surface area contributed by atoms with Gasteiger partial charge in [-0.1, -0.05) is 17.7 Å². The monoisotopic (exact) mass is 372 g/mol. The molecule has 0 unspecified atom stereocenters. The Kier molecular flexibility index (Phi) is 5.78. The maximum absolute atomic E-state index is 12.7. The maximum atomic E-state index is 12.7. The molecule has 1 aliphatic rings. The van der Waals surface area contributed by atoms with Crippen molar-refractivity contribution < 1.29 is 14.3 Å². The molecule has 2 aromatic rings. The van der Waals surface area contributed by atoms with Crippen LogP contribution in [0.25, 0.3) is 0 Å². The minimum Gasteiger partial charge on any atom is -0.497 e. The van der Waals surface area contributed by atoms with Gasteiger partial charge in [0.25, 0.3) is 11.8 Å². The Morgan fingerprint density at radius 3 is 2.08 bits per heavy atom.